The van der Waals surface area contributed by atoms with Crippen LogP contribution in [0, 0.1) is 0 Å². The summed E-state index contributed by atoms with van der Waals surface area (Å²) >= 11 is 0. The van der Waals surface area contributed by atoms with Crippen LogP contribution in [0.5, 0.6) is 0 Å². The summed E-state index contributed by atoms with van der Waals surface area (Å²) in [7, 11) is 0. The largest absolute Gasteiger partial charge is 0.497 e. The van der Waals surface area contributed by atoms with Gasteiger partial charge in [-0.15, -0.1) is 0 Å². The van der Waals surface area contributed by atoms with E-state index in [1.54, 1.807) is 0 Å². The first-order valence-electron chi connectivity index (χ1n) is 7.35. The Kier molecular flexibility index (Phi) is 5.89. The van der Waals surface area contributed by atoms with Gasteiger partial charge in [0.25, 0.3) is 0 Å². The molecule has 1 unspecified atom stereocenters. The van der Waals surface area contributed by atoms with E-state index in [1.165, 1.54) is 5.56 Å². The first kappa shape index (κ1) is 14.1. The van der Waals surface area contributed by atoms with Gasteiger partial charge in [0.05, 0.1) is 12.6 Å². The van der Waals surface area contributed by atoms with Crippen molar-refractivity contribution in [2.75, 3.05) is 13.2 Å². The summed E-state index contributed by atoms with van der Waals surface area (Å²) in [5, 5.41) is 3.60. The molecule has 0 saturated heterocycles. The molecule has 2 heterocycles. The van der Waals surface area contributed by atoms with Crippen molar-refractivity contribution in [3.63, 3.8) is 0 Å². The maximum absolute atomic E-state index is 5.81. The van der Waals surface area contributed by atoms with Gasteiger partial charge < -0.3 is 10.1 Å². The quantitative estimate of drug-likeness (QED) is 0.818. The molecule has 0 amide bonds. The highest BCUT2D eigenvalue weighted by molar-refractivity contribution is 5.11. The van der Waals surface area contributed by atoms with E-state index >= 15 is 0 Å². The number of aryl methyl sites for hydroxylation is 1. The number of hydrogen-bond acceptors (Lipinski definition) is 3. The Morgan fingerprint density at radius 3 is 3.11 bits per heavy atom. The zero-order chi connectivity index (χ0) is 13.3. The van der Waals surface area contributed by atoms with Crippen molar-refractivity contribution in [1.82, 2.24) is 10.3 Å². The van der Waals surface area contributed by atoms with Crippen LogP contribution >= 0.6 is 0 Å². The molecule has 0 spiro atoms. The summed E-state index contributed by atoms with van der Waals surface area (Å²) in [4.78, 5) is 4.17. The molecule has 1 atom stereocenters. The predicted molar refractivity (Wildman–Crippen MR) is 77.9 cm³/mol. The summed E-state index contributed by atoms with van der Waals surface area (Å²) in [6.45, 7) is 4.10. The Hall–Kier alpha value is -1.35. The van der Waals surface area contributed by atoms with Crippen molar-refractivity contribution >= 4 is 0 Å². The molecule has 1 aliphatic rings. The van der Waals surface area contributed by atoms with Gasteiger partial charge in [-0.1, -0.05) is 13.0 Å². The highest BCUT2D eigenvalue weighted by atomic mass is 16.5. The fourth-order valence-electron chi connectivity index (χ4n) is 2.34. The summed E-state index contributed by atoms with van der Waals surface area (Å²) < 4.78 is 5.81. The molecule has 0 aromatic carbocycles. The lowest BCUT2D eigenvalue weighted by atomic mass is 10.0. The topological polar surface area (TPSA) is 34.2 Å². The lowest BCUT2D eigenvalue weighted by Gasteiger charge is -2.24. The van der Waals surface area contributed by atoms with E-state index < -0.39 is 0 Å². The first-order chi connectivity index (χ1) is 9.40. The number of nitrogens with zero attached hydrogens (tertiary/aromatic N) is 1. The molecule has 0 bridgehead atoms. The molecule has 3 nitrogen and oxygen atoms in total. The Balaban J connectivity index is 1.91. The number of pyridine rings is 1. The fraction of sp³-hybridized carbons (Fsp3) is 0.562. The van der Waals surface area contributed by atoms with Gasteiger partial charge in [-0.3, -0.25) is 4.98 Å². The SMILES string of the molecule is CCCNC(CCc1cccnc1)C1=CCCCO1. The number of rotatable bonds is 7. The van der Waals surface area contributed by atoms with Gasteiger partial charge in [-0.05, 0) is 56.4 Å². The smallest absolute Gasteiger partial charge is 0.109 e. The van der Waals surface area contributed by atoms with E-state index in [4.69, 9.17) is 4.74 Å². The number of allylic oxidation sites excluding steroid dienone is 1. The van der Waals surface area contributed by atoms with Crippen LogP contribution in [0.4, 0.5) is 0 Å². The molecular formula is C16H24N2O. The monoisotopic (exact) mass is 260 g/mol. The van der Waals surface area contributed by atoms with Crippen molar-refractivity contribution in [3.05, 3.63) is 41.9 Å². The molecule has 1 aromatic rings. The Morgan fingerprint density at radius 1 is 1.47 bits per heavy atom. The van der Waals surface area contributed by atoms with E-state index in [9.17, 15) is 0 Å². The van der Waals surface area contributed by atoms with Crippen molar-refractivity contribution in [3.8, 4) is 0 Å². The minimum atomic E-state index is 0.348. The van der Waals surface area contributed by atoms with Gasteiger partial charge in [0, 0.05) is 12.4 Å². The maximum Gasteiger partial charge on any atom is 0.109 e. The van der Waals surface area contributed by atoms with Gasteiger partial charge in [0.15, 0.2) is 0 Å². The van der Waals surface area contributed by atoms with E-state index in [0.717, 1.165) is 51.0 Å². The number of aromatic nitrogens is 1. The third kappa shape index (κ3) is 4.67. The van der Waals surface area contributed by atoms with Crippen LogP contribution in [0.2, 0.25) is 0 Å². The van der Waals surface area contributed by atoms with Crippen molar-refractivity contribution < 1.29 is 4.74 Å². The average Bonchev–Trinajstić information content (AvgIpc) is 2.49. The molecule has 0 aliphatic carbocycles. The third-order valence-corrected chi connectivity index (χ3v) is 3.39. The number of nitrogens with one attached hydrogen (secondary N) is 1. The standard InChI is InChI=1S/C16H24N2O/c1-2-10-18-15(16-7-3-4-12-19-16)9-8-14-6-5-11-17-13-14/h5-7,11,13,15,18H,2-4,8-10,12H2,1H3. The average molecular weight is 260 g/mol. The zero-order valence-electron chi connectivity index (χ0n) is 11.8. The Labute approximate surface area is 116 Å². The molecular weight excluding hydrogens is 236 g/mol. The van der Waals surface area contributed by atoms with Crippen LogP contribution < -0.4 is 5.32 Å². The molecule has 0 radical (unpaired) electrons. The molecule has 2 rings (SSSR count). The van der Waals surface area contributed by atoms with Crippen LogP contribution in [0.1, 0.15) is 38.2 Å². The highest BCUT2D eigenvalue weighted by Crippen LogP contribution is 2.17. The van der Waals surface area contributed by atoms with Crippen LogP contribution in [0.3, 0.4) is 0 Å². The number of ether oxygens (including phenoxy) is 1. The van der Waals surface area contributed by atoms with E-state index in [0.29, 0.717) is 6.04 Å². The minimum Gasteiger partial charge on any atom is -0.497 e. The van der Waals surface area contributed by atoms with Gasteiger partial charge >= 0.3 is 0 Å². The normalized spacial score (nSPS) is 16.6. The number of hydrogen-bond donors (Lipinski definition) is 1. The van der Waals surface area contributed by atoms with Crippen molar-refractivity contribution in [1.29, 1.82) is 0 Å². The summed E-state index contributed by atoms with van der Waals surface area (Å²) in [6, 6.07) is 4.49. The van der Waals surface area contributed by atoms with Crippen LogP contribution in [0.25, 0.3) is 0 Å². The van der Waals surface area contributed by atoms with Crippen LogP contribution in [-0.2, 0) is 11.2 Å². The second-order valence-corrected chi connectivity index (χ2v) is 5.00. The molecule has 1 aromatic heterocycles. The molecule has 104 valence electrons. The molecule has 0 fully saturated rings. The van der Waals surface area contributed by atoms with Gasteiger partial charge in [0.1, 0.15) is 5.76 Å². The highest BCUT2D eigenvalue weighted by Gasteiger charge is 2.17. The first-order valence-corrected chi connectivity index (χ1v) is 7.35. The molecule has 1 N–H and O–H groups in total. The fourth-order valence-corrected chi connectivity index (χ4v) is 2.34. The summed E-state index contributed by atoms with van der Waals surface area (Å²) in [5.74, 6) is 1.14. The molecule has 1 aliphatic heterocycles. The molecule has 19 heavy (non-hydrogen) atoms. The Morgan fingerprint density at radius 2 is 2.42 bits per heavy atom. The van der Waals surface area contributed by atoms with Crippen molar-refractivity contribution in [2.24, 2.45) is 0 Å². The predicted octanol–water partition coefficient (Wildman–Crippen LogP) is 3.08. The maximum atomic E-state index is 5.81. The van der Waals surface area contributed by atoms with E-state index in [1.807, 2.05) is 18.5 Å². The van der Waals surface area contributed by atoms with Crippen LogP contribution in [-0.4, -0.2) is 24.2 Å². The Bertz CT molecular complexity index is 389. The molecule has 3 heteroatoms. The third-order valence-electron chi connectivity index (χ3n) is 3.39. The van der Waals surface area contributed by atoms with Crippen molar-refractivity contribution in [2.45, 2.75) is 45.1 Å². The van der Waals surface area contributed by atoms with Crippen LogP contribution in [0.15, 0.2) is 36.4 Å². The minimum absolute atomic E-state index is 0.348. The summed E-state index contributed by atoms with van der Waals surface area (Å²) in [5.41, 5.74) is 1.29. The van der Waals surface area contributed by atoms with Gasteiger partial charge in [0.2, 0.25) is 0 Å². The lowest BCUT2D eigenvalue weighted by molar-refractivity contribution is 0.165. The second kappa shape index (κ2) is 7.95. The van der Waals surface area contributed by atoms with Gasteiger partial charge in [-0.25, -0.2) is 0 Å². The lowest BCUT2D eigenvalue weighted by Crippen LogP contribution is -2.34. The van der Waals surface area contributed by atoms with Gasteiger partial charge in [-0.2, -0.15) is 0 Å². The summed E-state index contributed by atoms with van der Waals surface area (Å²) in [6.07, 6.45) is 11.6. The zero-order valence-corrected chi connectivity index (χ0v) is 11.8. The molecule has 0 saturated carbocycles. The van der Waals surface area contributed by atoms with E-state index in [-0.39, 0.29) is 0 Å². The second-order valence-electron chi connectivity index (χ2n) is 5.00. The van der Waals surface area contributed by atoms with E-state index in [2.05, 4.69) is 29.4 Å².